The van der Waals surface area contributed by atoms with Crippen LogP contribution in [0.2, 0.25) is 0 Å². The van der Waals surface area contributed by atoms with E-state index in [2.05, 4.69) is 25.2 Å². The summed E-state index contributed by atoms with van der Waals surface area (Å²) in [5, 5.41) is 7.52. The van der Waals surface area contributed by atoms with Crippen LogP contribution in [0, 0.1) is 0 Å². The number of nitrogens with two attached hydrogens (primary N) is 1. The number of benzene rings is 1. The second-order valence-corrected chi connectivity index (χ2v) is 7.57. The predicted octanol–water partition coefficient (Wildman–Crippen LogP) is 2.59. The number of nitrogens with zero attached hydrogens (tertiary/aromatic N) is 6. The molecule has 3 aromatic heterocycles. The molecule has 172 valence electrons. The third-order valence-electron chi connectivity index (χ3n) is 5.46. The third kappa shape index (κ3) is 4.59. The first-order valence-electron chi connectivity index (χ1n) is 10.9. The molecule has 0 unspecified atom stereocenters. The van der Waals surface area contributed by atoms with Gasteiger partial charge in [-0.05, 0) is 29.4 Å². The van der Waals surface area contributed by atoms with Crippen molar-refractivity contribution in [1.82, 2.24) is 29.7 Å². The van der Waals surface area contributed by atoms with Gasteiger partial charge in [0, 0.05) is 38.3 Å². The van der Waals surface area contributed by atoms with Gasteiger partial charge in [0.25, 0.3) is 0 Å². The van der Waals surface area contributed by atoms with Crippen LogP contribution in [0.3, 0.4) is 0 Å². The Bertz CT molecular complexity index is 1230. The fourth-order valence-electron chi connectivity index (χ4n) is 3.78. The van der Waals surface area contributed by atoms with Crippen LogP contribution < -0.4 is 15.2 Å². The maximum Gasteiger partial charge on any atom is 0.221 e. The van der Waals surface area contributed by atoms with Gasteiger partial charge >= 0.3 is 0 Å². The van der Waals surface area contributed by atoms with E-state index in [1.54, 1.807) is 6.20 Å². The summed E-state index contributed by atoms with van der Waals surface area (Å²) >= 11 is 0. The van der Waals surface area contributed by atoms with Gasteiger partial charge in [-0.2, -0.15) is 0 Å². The highest BCUT2D eigenvalue weighted by molar-refractivity contribution is 5.81. The standard InChI is InChI=1S/C22H25N7O4/c1-2-29-18-13-19(24-14-17(18)25-22(29)20-21(23)27-33-26-20)32-16-5-3-4-15(12-16)31-11-8-28-6-9-30-10-7-28/h3-5,12-14H,2,6-11H2,1H3,(H2,23,27). The lowest BCUT2D eigenvalue weighted by molar-refractivity contribution is 0.0322. The van der Waals surface area contributed by atoms with E-state index < -0.39 is 0 Å². The van der Waals surface area contributed by atoms with Crippen LogP contribution >= 0.6 is 0 Å². The molecule has 11 nitrogen and oxygen atoms in total. The molecule has 4 heterocycles. The van der Waals surface area contributed by atoms with Crippen molar-refractivity contribution in [2.75, 3.05) is 45.2 Å². The van der Waals surface area contributed by atoms with E-state index in [-0.39, 0.29) is 5.82 Å². The molecule has 0 radical (unpaired) electrons. The molecule has 33 heavy (non-hydrogen) atoms. The van der Waals surface area contributed by atoms with Crippen LogP contribution in [0.15, 0.2) is 41.2 Å². The molecule has 2 N–H and O–H groups in total. The minimum Gasteiger partial charge on any atom is -0.492 e. The summed E-state index contributed by atoms with van der Waals surface area (Å²) < 4.78 is 24.0. The van der Waals surface area contributed by atoms with Crippen LogP contribution in [0.1, 0.15) is 6.92 Å². The molecule has 5 rings (SSSR count). The molecule has 1 fully saturated rings. The van der Waals surface area contributed by atoms with Crippen molar-refractivity contribution in [1.29, 1.82) is 0 Å². The number of aromatic nitrogens is 5. The number of hydrogen-bond donors (Lipinski definition) is 1. The topological polar surface area (TPSA) is 127 Å². The number of aryl methyl sites for hydroxylation is 1. The van der Waals surface area contributed by atoms with Crippen molar-refractivity contribution in [3.63, 3.8) is 0 Å². The minimum atomic E-state index is 0.190. The largest absolute Gasteiger partial charge is 0.492 e. The summed E-state index contributed by atoms with van der Waals surface area (Å²) in [6, 6.07) is 9.37. The normalized spacial score (nSPS) is 14.6. The maximum absolute atomic E-state index is 6.02. The second-order valence-electron chi connectivity index (χ2n) is 7.57. The Kier molecular flexibility index (Phi) is 6.05. The van der Waals surface area contributed by atoms with E-state index in [1.807, 2.05) is 41.8 Å². The summed E-state index contributed by atoms with van der Waals surface area (Å²) in [7, 11) is 0. The van der Waals surface area contributed by atoms with E-state index in [9.17, 15) is 0 Å². The summed E-state index contributed by atoms with van der Waals surface area (Å²) in [6.45, 7) is 7.56. The Hall–Kier alpha value is -3.70. The highest BCUT2D eigenvalue weighted by atomic mass is 16.6. The fraction of sp³-hybridized carbons (Fsp3) is 0.364. The monoisotopic (exact) mass is 451 g/mol. The van der Waals surface area contributed by atoms with E-state index in [1.165, 1.54) is 0 Å². The first-order valence-corrected chi connectivity index (χ1v) is 10.9. The molecule has 11 heteroatoms. The van der Waals surface area contributed by atoms with Gasteiger partial charge in [-0.1, -0.05) is 6.07 Å². The molecule has 1 aromatic carbocycles. The highest BCUT2D eigenvalue weighted by Gasteiger charge is 2.19. The summed E-state index contributed by atoms with van der Waals surface area (Å²) in [5.74, 6) is 2.59. The molecular weight excluding hydrogens is 426 g/mol. The Balaban J connectivity index is 1.31. The molecule has 1 saturated heterocycles. The molecule has 0 saturated carbocycles. The molecular formula is C22H25N7O4. The van der Waals surface area contributed by atoms with Crippen LogP contribution in [0.25, 0.3) is 22.6 Å². The summed E-state index contributed by atoms with van der Waals surface area (Å²) in [5.41, 5.74) is 7.80. The lowest BCUT2D eigenvalue weighted by Gasteiger charge is -2.26. The number of imidazole rings is 1. The van der Waals surface area contributed by atoms with Gasteiger partial charge in [0.1, 0.15) is 23.6 Å². The first kappa shape index (κ1) is 21.2. The van der Waals surface area contributed by atoms with E-state index >= 15 is 0 Å². The third-order valence-corrected chi connectivity index (χ3v) is 5.46. The molecule has 0 amide bonds. The van der Waals surface area contributed by atoms with E-state index in [0.717, 1.165) is 44.1 Å². The predicted molar refractivity (Wildman–Crippen MR) is 120 cm³/mol. The number of fused-ring (bicyclic) bond motifs is 1. The lowest BCUT2D eigenvalue weighted by Crippen LogP contribution is -2.38. The van der Waals surface area contributed by atoms with Gasteiger partial charge in [-0.3, -0.25) is 4.90 Å². The number of pyridine rings is 1. The molecule has 0 bridgehead atoms. The average Bonchev–Trinajstić information content (AvgIpc) is 3.42. The zero-order chi connectivity index (χ0) is 22.6. The van der Waals surface area contributed by atoms with Gasteiger partial charge in [0.05, 0.1) is 24.9 Å². The minimum absolute atomic E-state index is 0.190. The lowest BCUT2D eigenvalue weighted by atomic mass is 10.3. The molecule has 4 aromatic rings. The number of ether oxygens (including phenoxy) is 3. The SMILES string of the molecule is CCn1c(-c2nonc2N)nc2cnc(Oc3cccc(OCCN4CCOCC4)c3)cc21. The van der Waals surface area contributed by atoms with Crippen LogP contribution in [-0.2, 0) is 11.3 Å². The molecule has 1 aliphatic heterocycles. The van der Waals surface area contributed by atoms with Crippen molar-refractivity contribution in [2.24, 2.45) is 0 Å². The maximum atomic E-state index is 6.02. The van der Waals surface area contributed by atoms with Crippen molar-refractivity contribution in [3.05, 3.63) is 36.5 Å². The van der Waals surface area contributed by atoms with Gasteiger partial charge in [0.2, 0.25) is 5.88 Å². The van der Waals surface area contributed by atoms with E-state index in [4.69, 9.17) is 24.6 Å². The van der Waals surface area contributed by atoms with Crippen molar-refractivity contribution < 1.29 is 18.8 Å². The fourth-order valence-corrected chi connectivity index (χ4v) is 3.78. The van der Waals surface area contributed by atoms with Gasteiger partial charge in [0.15, 0.2) is 17.3 Å². The number of nitrogen functional groups attached to an aromatic ring is 1. The van der Waals surface area contributed by atoms with Crippen LogP contribution in [-0.4, -0.2) is 69.2 Å². The Morgan fingerprint density at radius 2 is 1.97 bits per heavy atom. The highest BCUT2D eigenvalue weighted by Crippen LogP contribution is 2.30. The Morgan fingerprint density at radius 3 is 2.76 bits per heavy atom. The molecule has 1 aliphatic rings. The van der Waals surface area contributed by atoms with Crippen molar-refractivity contribution in [2.45, 2.75) is 13.5 Å². The first-order chi connectivity index (χ1) is 16.2. The number of hydrogen-bond acceptors (Lipinski definition) is 10. The molecule has 0 aliphatic carbocycles. The van der Waals surface area contributed by atoms with E-state index in [0.29, 0.717) is 41.8 Å². The zero-order valence-electron chi connectivity index (χ0n) is 18.3. The number of rotatable bonds is 8. The van der Waals surface area contributed by atoms with Crippen LogP contribution in [0.4, 0.5) is 5.82 Å². The quantitative estimate of drug-likeness (QED) is 0.427. The van der Waals surface area contributed by atoms with Gasteiger partial charge in [-0.25, -0.2) is 14.6 Å². The zero-order valence-corrected chi connectivity index (χ0v) is 18.3. The smallest absolute Gasteiger partial charge is 0.221 e. The number of anilines is 1. The molecule has 0 atom stereocenters. The van der Waals surface area contributed by atoms with Crippen molar-refractivity contribution in [3.8, 4) is 28.9 Å². The number of morpholine rings is 1. The summed E-state index contributed by atoms with van der Waals surface area (Å²) in [6.07, 6.45) is 1.66. The summed E-state index contributed by atoms with van der Waals surface area (Å²) in [4.78, 5) is 11.3. The second kappa shape index (κ2) is 9.43. The Labute approximate surface area is 190 Å². The van der Waals surface area contributed by atoms with Gasteiger partial charge < -0.3 is 24.5 Å². The van der Waals surface area contributed by atoms with Crippen LogP contribution in [0.5, 0.6) is 17.4 Å². The van der Waals surface area contributed by atoms with Crippen molar-refractivity contribution >= 4 is 16.9 Å². The average molecular weight is 451 g/mol. The Morgan fingerprint density at radius 1 is 1.12 bits per heavy atom. The van der Waals surface area contributed by atoms with Gasteiger partial charge in [-0.15, -0.1) is 0 Å². The molecule has 0 spiro atoms.